The number of aryl methyl sites for hydroxylation is 1. The van der Waals surface area contributed by atoms with Gasteiger partial charge < -0.3 is 0 Å². The highest BCUT2D eigenvalue weighted by atomic mass is 32.2. The van der Waals surface area contributed by atoms with E-state index in [0.717, 1.165) is 21.0 Å². The van der Waals surface area contributed by atoms with Crippen molar-refractivity contribution in [2.45, 2.75) is 11.1 Å². The molecule has 2 heterocycles. The minimum Gasteiger partial charge on any atom is -0.298 e. The van der Waals surface area contributed by atoms with E-state index in [2.05, 4.69) is 20.3 Å². The summed E-state index contributed by atoms with van der Waals surface area (Å²) < 4.78 is 1.10. The summed E-state index contributed by atoms with van der Waals surface area (Å²) in [6.45, 7) is 1.94. The maximum Gasteiger partial charge on any atom is 0.258 e. The van der Waals surface area contributed by atoms with Gasteiger partial charge in [-0.2, -0.15) is 0 Å². The number of amides is 1. The normalized spacial score (nSPS) is 10.5. The fourth-order valence-corrected chi connectivity index (χ4v) is 3.77. The van der Waals surface area contributed by atoms with Gasteiger partial charge >= 0.3 is 0 Å². The molecular weight excluding hydrogens is 328 g/mol. The molecule has 116 valence electrons. The molecule has 0 radical (unpaired) electrons. The van der Waals surface area contributed by atoms with Crippen molar-refractivity contribution in [2.75, 3.05) is 11.6 Å². The van der Waals surface area contributed by atoms with Crippen LogP contribution in [-0.4, -0.2) is 27.1 Å². The summed E-state index contributed by atoms with van der Waals surface area (Å²) in [6, 6.07) is 7.39. The van der Waals surface area contributed by atoms with Crippen molar-refractivity contribution in [3.05, 3.63) is 54.2 Å². The van der Waals surface area contributed by atoms with Gasteiger partial charge in [0.2, 0.25) is 0 Å². The largest absolute Gasteiger partial charge is 0.298 e. The van der Waals surface area contributed by atoms with Crippen molar-refractivity contribution in [1.82, 2.24) is 15.0 Å². The van der Waals surface area contributed by atoms with Crippen LogP contribution in [0.2, 0.25) is 0 Å². The van der Waals surface area contributed by atoms with Gasteiger partial charge in [0.25, 0.3) is 5.91 Å². The van der Waals surface area contributed by atoms with Gasteiger partial charge in [0.15, 0.2) is 5.13 Å². The molecule has 2 aromatic heterocycles. The average molecular weight is 342 g/mol. The zero-order valence-electron chi connectivity index (χ0n) is 12.6. The molecule has 3 aromatic rings. The van der Waals surface area contributed by atoms with Crippen LogP contribution in [0.15, 0.2) is 47.2 Å². The first-order valence-corrected chi connectivity index (χ1v) is 8.90. The van der Waals surface area contributed by atoms with Crippen molar-refractivity contribution in [3.63, 3.8) is 0 Å². The molecule has 0 spiro atoms. The molecule has 0 aliphatic heterocycles. The maximum atomic E-state index is 12.6. The van der Waals surface area contributed by atoms with Crippen molar-refractivity contribution in [3.8, 4) is 11.1 Å². The summed E-state index contributed by atoms with van der Waals surface area (Å²) in [5.41, 5.74) is 3.10. The van der Waals surface area contributed by atoms with Crippen molar-refractivity contribution < 1.29 is 4.79 Å². The van der Waals surface area contributed by atoms with E-state index in [1.807, 2.05) is 31.4 Å². The number of aromatic nitrogens is 3. The smallest absolute Gasteiger partial charge is 0.258 e. The van der Waals surface area contributed by atoms with E-state index in [4.69, 9.17) is 0 Å². The van der Waals surface area contributed by atoms with Crippen LogP contribution < -0.4 is 5.32 Å². The average Bonchev–Trinajstić information content (AvgIpc) is 2.95. The van der Waals surface area contributed by atoms with Gasteiger partial charge in [0.05, 0.1) is 9.90 Å². The summed E-state index contributed by atoms with van der Waals surface area (Å²) >= 11 is 3.11. The maximum absolute atomic E-state index is 12.6. The van der Waals surface area contributed by atoms with Crippen LogP contribution >= 0.6 is 23.1 Å². The first-order chi connectivity index (χ1) is 11.2. The Morgan fingerprint density at radius 1 is 1.22 bits per heavy atom. The molecule has 5 nitrogen and oxygen atoms in total. The molecule has 7 heteroatoms. The Kier molecular flexibility index (Phi) is 4.68. The molecule has 0 aliphatic rings. The molecule has 0 atom stereocenters. The molecular formula is C16H14N4OS2. The lowest BCUT2D eigenvalue weighted by atomic mass is 10.0. The lowest BCUT2D eigenvalue weighted by molar-refractivity contribution is 0.102. The monoisotopic (exact) mass is 342 g/mol. The third-order valence-corrected chi connectivity index (χ3v) is 5.49. The molecule has 1 N–H and O–H groups in total. The van der Waals surface area contributed by atoms with E-state index in [1.54, 1.807) is 30.2 Å². The zero-order valence-corrected chi connectivity index (χ0v) is 14.2. The van der Waals surface area contributed by atoms with E-state index >= 15 is 0 Å². The van der Waals surface area contributed by atoms with Gasteiger partial charge in [-0.3, -0.25) is 10.1 Å². The van der Waals surface area contributed by atoms with Gasteiger partial charge in [-0.15, -0.1) is 11.8 Å². The molecule has 0 aliphatic carbocycles. The van der Waals surface area contributed by atoms with Gasteiger partial charge in [-0.05, 0) is 24.8 Å². The Labute approximate surface area is 142 Å². The van der Waals surface area contributed by atoms with Crippen LogP contribution in [0.5, 0.6) is 0 Å². The third kappa shape index (κ3) is 3.40. The van der Waals surface area contributed by atoms with Crippen molar-refractivity contribution >= 4 is 34.1 Å². The van der Waals surface area contributed by atoms with Crippen LogP contribution in [-0.2, 0) is 0 Å². The lowest BCUT2D eigenvalue weighted by Gasteiger charge is -2.08. The summed E-state index contributed by atoms with van der Waals surface area (Å²) in [6.07, 6.45) is 6.85. The zero-order chi connectivity index (χ0) is 16.2. The first-order valence-electron chi connectivity index (χ1n) is 6.86. The van der Waals surface area contributed by atoms with Crippen molar-refractivity contribution in [2.24, 2.45) is 0 Å². The van der Waals surface area contributed by atoms with Gasteiger partial charge in [0, 0.05) is 23.5 Å². The molecule has 3 rings (SSSR count). The van der Waals surface area contributed by atoms with Crippen LogP contribution in [0, 0.1) is 6.92 Å². The molecule has 23 heavy (non-hydrogen) atoms. The second kappa shape index (κ2) is 6.89. The Morgan fingerprint density at radius 2 is 1.96 bits per heavy atom. The third-order valence-electron chi connectivity index (χ3n) is 3.20. The van der Waals surface area contributed by atoms with Gasteiger partial charge in [-0.1, -0.05) is 29.5 Å². The van der Waals surface area contributed by atoms with E-state index in [9.17, 15) is 4.79 Å². The number of carbonyl (C=O) groups is 1. The SMILES string of the molecule is CSc1sc(NC(=O)c2ccccc2-c2cncnc2)nc1C. The predicted molar refractivity (Wildman–Crippen MR) is 94.1 cm³/mol. The topological polar surface area (TPSA) is 67.8 Å². The Hall–Kier alpha value is -2.25. The standard InChI is InChI=1S/C16H14N4OS2/c1-10-15(22-2)23-16(19-10)20-14(21)13-6-4-3-5-12(13)11-7-17-9-18-8-11/h3-9H,1-2H3,(H,19,20,21). The summed E-state index contributed by atoms with van der Waals surface area (Å²) in [4.78, 5) is 25.0. The highest BCUT2D eigenvalue weighted by Gasteiger charge is 2.15. The molecule has 0 saturated heterocycles. The number of nitrogens with one attached hydrogen (secondary N) is 1. The van der Waals surface area contributed by atoms with Crippen LogP contribution in [0.3, 0.4) is 0 Å². The minimum absolute atomic E-state index is 0.189. The molecule has 1 aromatic carbocycles. The number of thioether (sulfide) groups is 1. The van der Waals surface area contributed by atoms with Crippen LogP contribution in [0.25, 0.3) is 11.1 Å². The lowest BCUT2D eigenvalue weighted by Crippen LogP contribution is -2.13. The number of carbonyl (C=O) groups excluding carboxylic acids is 1. The van der Waals surface area contributed by atoms with Crippen molar-refractivity contribution in [1.29, 1.82) is 0 Å². The predicted octanol–water partition coefficient (Wildman–Crippen LogP) is 3.88. The number of nitrogens with zero attached hydrogens (tertiary/aromatic N) is 3. The molecule has 0 saturated carbocycles. The van der Waals surface area contributed by atoms with E-state index < -0.39 is 0 Å². The van der Waals surface area contributed by atoms with E-state index in [1.165, 1.54) is 17.7 Å². The second-order valence-corrected chi connectivity index (χ2v) is 6.80. The molecule has 0 unspecified atom stereocenters. The number of thiazole rings is 1. The number of anilines is 1. The van der Waals surface area contributed by atoms with E-state index in [0.29, 0.717) is 10.7 Å². The van der Waals surface area contributed by atoms with E-state index in [-0.39, 0.29) is 5.91 Å². The Morgan fingerprint density at radius 3 is 2.65 bits per heavy atom. The number of rotatable bonds is 4. The first kappa shape index (κ1) is 15.6. The quantitative estimate of drug-likeness (QED) is 0.729. The number of hydrogen-bond acceptors (Lipinski definition) is 6. The molecule has 0 bridgehead atoms. The number of benzene rings is 1. The Balaban J connectivity index is 1.91. The summed E-state index contributed by atoms with van der Waals surface area (Å²) in [5, 5.41) is 3.49. The highest BCUT2D eigenvalue weighted by molar-refractivity contribution is 8.00. The molecule has 1 amide bonds. The Bertz CT molecular complexity index is 833. The van der Waals surface area contributed by atoms with Crippen LogP contribution in [0.1, 0.15) is 16.1 Å². The summed E-state index contributed by atoms with van der Waals surface area (Å²) in [7, 11) is 0. The van der Waals surface area contributed by atoms with Gasteiger partial charge in [-0.25, -0.2) is 15.0 Å². The number of hydrogen-bond donors (Lipinski definition) is 1. The minimum atomic E-state index is -0.189. The van der Waals surface area contributed by atoms with Crippen LogP contribution in [0.4, 0.5) is 5.13 Å². The highest BCUT2D eigenvalue weighted by Crippen LogP contribution is 2.31. The second-order valence-electron chi connectivity index (χ2n) is 4.72. The fourth-order valence-electron chi connectivity index (χ4n) is 2.16. The summed E-state index contributed by atoms with van der Waals surface area (Å²) in [5.74, 6) is -0.189. The fraction of sp³-hybridized carbons (Fsp3) is 0.125. The molecule has 0 fully saturated rings. The van der Waals surface area contributed by atoms with Gasteiger partial charge in [0.1, 0.15) is 6.33 Å².